The van der Waals surface area contributed by atoms with E-state index in [-0.39, 0.29) is 12.6 Å². The molecular weight excluding hydrogens is 216 g/mol. The predicted octanol–water partition coefficient (Wildman–Crippen LogP) is 3.23. The zero-order chi connectivity index (χ0) is 12.6. The molecule has 1 heterocycles. The van der Waals surface area contributed by atoms with Gasteiger partial charge in [-0.3, -0.25) is 0 Å². The van der Waals surface area contributed by atoms with Gasteiger partial charge in [0, 0.05) is 11.1 Å². The molecule has 0 unspecified atom stereocenters. The number of rotatable bonds is 2. The second-order valence-electron chi connectivity index (χ2n) is 4.97. The van der Waals surface area contributed by atoms with E-state index in [1.807, 2.05) is 6.07 Å². The Morgan fingerprint density at radius 3 is 2.06 bits per heavy atom. The summed E-state index contributed by atoms with van der Waals surface area (Å²) in [5.41, 5.74) is 2.12. The molecule has 1 aromatic rings. The highest BCUT2D eigenvalue weighted by Gasteiger charge is 2.26. The van der Waals surface area contributed by atoms with E-state index >= 15 is 0 Å². The van der Waals surface area contributed by atoms with Gasteiger partial charge in [0.25, 0.3) is 0 Å². The standard InChI is InChI=1S/C14H18O3/c1-8(2)10-5-6-11(9(3)4)14-13(10)16-7-12(15)17-14/h5-6,8-9H,7H2,1-4H3. The van der Waals surface area contributed by atoms with Gasteiger partial charge in [0.2, 0.25) is 0 Å². The minimum atomic E-state index is -0.319. The number of fused-ring (bicyclic) bond motifs is 1. The van der Waals surface area contributed by atoms with Crippen molar-refractivity contribution in [2.75, 3.05) is 6.61 Å². The molecule has 0 N–H and O–H groups in total. The summed E-state index contributed by atoms with van der Waals surface area (Å²) in [6.07, 6.45) is 0. The van der Waals surface area contributed by atoms with E-state index in [4.69, 9.17) is 9.47 Å². The summed E-state index contributed by atoms with van der Waals surface area (Å²) in [5.74, 6) is 1.69. The molecule has 0 spiro atoms. The van der Waals surface area contributed by atoms with Gasteiger partial charge in [-0.25, -0.2) is 4.79 Å². The molecule has 3 nitrogen and oxygen atoms in total. The van der Waals surface area contributed by atoms with Crippen molar-refractivity contribution in [2.45, 2.75) is 39.5 Å². The van der Waals surface area contributed by atoms with Crippen LogP contribution in [-0.4, -0.2) is 12.6 Å². The van der Waals surface area contributed by atoms with Crippen molar-refractivity contribution >= 4 is 5.97 Å². The third kappa shape index (κ3) is 2.14. The van der Waals surface area contributed by atoms with Crippen LogP contribution in [0, 0.1) is 0 Å². The molecule has 3 heteroatoms. The van der Waals surface area contributed by atoms with Crippen LogP contribution in [0.5, 0.6) is 11.5 Å². The van der Waals surface area contributed by atoms with Gasteiger partial charge < -0.3 is 9.47 Å². The SMILES string of the molecule is CC(C)c1ccc(C(C)C)c2c1OCC(=O)O2. The highest BCUT2D eigenvalue weighted by Crippen LogP contribution is 2.43. The Morgan fingerprint density at radius 1 is 1.00 bits per heavy atom. The van der Waals surface area contributed by atoms with Crippen molar-refractivity contribution in [3.63, 3.8) is 0 Å². The van der Waals surface area contributed by atoms with Crippen LogP contribution >= 0.6 is 0 Å². The van der Waals surface area contributed by atoms with Crippen LogP contribution in [0.1, 0.15) is 50.7 Å². The molecule has 0 aromatic heterocycles. The van der Waals surface area contributed by atoms with Gasteiger partial charge in [0.1, 0.15) is 0 Å². The lowest BCUT2D eigenvalue weighted by Crippen LogP contribution is -2.24. The average molecular weight is 234 g/mol. The molecule has 2 rings (SSSR count). The Hall–Kier alpha value is -1.51. The number of hydrogen-bond donors (Lipinski definition) is 0. The molecule has 0 atom stereocenters. The maximum Gasteiger partial charge on any atom is 0.349 e. The number of carbonyl (C=O) groups is 1. The Balaban J connectivity index is 2.58. The molecular formula is C14H18O3. The Kier molecular flexibility index (Phi) is 3.09. The molecule has 0 radical (unpaired) electrons. The summed E-state index contributed by atoms with van der Waals surface area (Å²) < 4.78 is 10.9. The van der Waals surface area contributed by atoms with Crippen molar-refractivity contribution < 1.29 is 14.3 Å². The molecule has 0 saturated carbocycles. The maximum absolute atomic E-state index is 11.3. The van der Waals surface area contributed by atoms with E-state index in [2.05, 4.69) is 33.8 Å². The monoisotopic (exact) mass is 234 g/mol. The van der Waals surface area contributed by atoms with Crippen LogP contribution in [0.3, 0.4) is 0 Å². The van der Waals surface area contributed by atoms with E-state index < -0.39 is 0 Å². The number of carbonyl (C=O) groups excluding carboxylic acids is 1. The van der Waals surface area contributed by atoms with Gasteiger partial charge in [-0.2, -0.15) is 0 Å². The van der Waals surface area contributed by atoms with Gasteiger partial charge in [-0.15, -0.1) is 0 Å². The summed E-state index contributed by atoms with van der Waals surface area (Å²) in [7, 11) is 0. The second-order valence-corrected chi connectivity index (χ2v) is 4.97. The first-order valence-electron chi connectivity index (χ1n) is 6.01. The van der Waals surface area contributed by atoms with Crippen LogP contribution in [0.4, 0.5) is 0 Å². The van der Waals surface area contributed by atoms with Gasteiger partial charge >= 0.3 is 5.97 Å². The topological polar surface area (TPSA) is 35.5 Å². The third-order valence-corrected chi connectivity index (χ3v) is 2.97. The molecule has 0 fully saturated rings. The normalized spacial score (nSPS) is 14.6. The predicted molar refractivity (Wildman–Crippen MR) is 65.8 cm³/mol. The molecule has 0 amide bonds. The molecule has 0 aliphatic carbocycles. The van der Waals surface area contributed by atoms with Crippen LogP contribution in [-0.2, 0) is 4.79 Å². The summed E-state index contributed by atoms with van der Waals surface area (Å²) in [4.78, 5) is 11.3. The van der Waals surface area contributed by atoms with Crippen molar-refractivity contribution in [3.8, 4) is 11.5 Å². The second kappa shape index (κ2) is 4.40. The first kappa shape index (κ1) is 12.0. The highest BCUT2D eigenvalue weighted by molar-refractivity contribution is 5.78. The largest absolute Gasteiger partial charge is 0.478 e. The highest BCUT2D eigenvalue weighted by atomic mass is 16.6. The molecule has 0 bridgehead atoms. The van der Waals surface area contributed by atoms with Crippen molar-refractivity contribution in [1.29, 1.82) is 0 Å². The van der Waals surface area contributed by atoms with E-state index in [9.17, 15) is 4.79 Å². The fraction of sp³-hybridized carbons (Fsp3) is 0.500. The lowest BCUT2D eigenvalue weighted by molar-refractivity contribution is -0.138. The van der Waals surface area contributed by atoms with Crippen molar-refractivity contribution in [1.82, 2.24) is 0 Å². The minimum absolute atomic E-state index is 0.00820. The van der Waals surface area contributed by atoms with Crippen molar-refractivity contribution in [2.24, 2.45) is 0 Å². The summed E-state index contributed by atoms with van der Waals surface area (Å²) in [6.45, 7) is 8.36. The number of hydrogen-bond acceptors (Lipinski definition) is 3. The number of esters is 1. The van der Waals surface area contributed by atoms with E-state index in [0.717, 1.165) is 16.9 Å². The van der Waals surface area contributed by atoms with Crippen LogP contribution < -0.4 is 9.47 Å². The molecule has 1 aliphatic heterocycles. The Labute approximate surface area is 102 Å². The molecule has 0 saturated heterocycles. The fourth-order valence-electron chi connectivity index (χ4n) is 2.03. The number of ether oxygens (including phenoxy) is 2. The summed E-state index contributed by atoms with van der Waals surface area (Å²) in [6, 6.07) is 4.10. The zero-order valence-electron chi connectivity index (χ0n) is 10.7. The molecule has 1 aliphatic rings. The van der Waals surface area contributed by atoms with E-state index in [1.54, 1.807) is 0 Å². The van der Waals surface area contributed by atoms with Gasteiger partial charge in [-0.05, 0) is 11.8 Å². The zero-order valence-corrected chi connectivity index (χ0v) is 10.7. The molecule has 1 aromatic carbocycles. The molecule has 92 valence electrons. The third-order valence-electron chi connectivity index (χ3n) is 2.97. The smallest absolute Gasteiger partial charge is 0.349 e. The lowest BCUT2D eigenvalue weighted by atomic mass is 9.94. The van der Waals surface area contributed by atoms with E-state index in [1.165, 1.54) is 0 Å². The maximum atomic E-state index is 11.3. The number of benzene rings is 1. The first-order valence-corrected chi connectivity index (χ1v) is 6.01. The summed E-state index contributed by atoms with van der Waals surface area (Å²) in [5, 5.41) is 0. The summed E-state index contributed by atoms with van der Waals surface area (Å²) >= 11 is 0. The van der Waals surface area contributed by atoms with Crippen LogP contribution in [0.25, 0.3) is 0 Å². The van der Waals surface area contributed by atoms with Gasteiger partial charge in [-0.1, -0.05) is 39.8 Å². The fourth-order valence-corrected chi connectivity index (χ4v) is 2.03. The van der Waals surface area contributed by atoms with E-state index in [0.29, 0.717) is 17.6 Å². The average Bonchev–Trinajstić information content (AvgIpc) is 2.26. The Bertz CT molecular complexity index is 447. The lowest BCUT2D eigenvalue weighted by Gasteiger charge is -2.24. The van der Waals surface area contributed by atoms with Crippen LogP contribution in [0.2, 0.25) is 0 Å². The van der Waals surface area contributed by atoms with Crippen molar-refractivity contribution in [3.05, 3.63) is 23.3 Å². The molecule has 17 heavy (non-hydrogen) atoms. The quantitative estimate of drug-likeness (QED) is 0.582. The first-order chi connectivity index (χ1) is 8.00. The van der Waals surface area contributed by atoms with Crippen LogP contribution in [0.15, 0.2) is 12.1 Å². The van der Waals surface area contributed by atoms with Gasteiger partial charge in [0.05, 0.1) is 0 Å². The van der Waals surface area contributed by atoms with Gasteiger partial charge in [0.15, 0.2) is 18.1 Å². The minimum Gasteiger partial charge on any atom is -0.478 e. The Morgan fingerprint density at radius 2 is 1.53 bits per heavy atom.